The molecule has 0 amide bonds. The first-order valence-corrected chi connectivity index (χ1v) is 5.91. The van der Waals surface area contributed by atoms with Gasteiger partial charge < -0.3 is 0 Å². The number of pyridine rings is 1. The molecule has 1 aliphatic carbocycles. The van der Waals surface area contributed by atoms with Gasteiger partial charge in [-0.25, -0.2) is 4.98 Å². The smallest absolute Gasteiger partial charge is 0.272 e. The van der Waals surface area contributed by atoms with Crippen LogP contribution in [0, 0.1) is 0 Å². The Labute approximate surface area is 98.2 Å². The Morgan fingerprint density at radius 1 is 1.12 bits per heavy atom. The third kappa shape index (κ3) is 3.35. The lowest BCUT2D eigenvalue weighted by Crippen LogP contribution is -2.26. The number of rotatable bonds is 2. The van der Waals surface area contributed by atoms with Crippen LogP contribution in [0.5, 0.6) is 0 Å². The Balaban J connectivity index is 1.98. The molecule has 0 bridgehead atoms. The highest BCUT2D eigenvalue weighted by molar-refractivity contribution is 5.31. The minimum atomic E-state index is -4.28. The molecule has 0 radical (unpaired) electrons. The maximum absolute atomic E-state index is 12.3. The lowest BCUT2D eigenvalue weighted by Gasteiger charge is -2.18. The van der Waals surface area contributed by atoms with Crippen molar-refractivity contribution in [3.05, 3.63) is 23.9 Å². The Morgan fingerprint density at radius 2 is 1.82 bits per heavy atom. The van der Waals surface area contributed by atoms with Gasteiger partial charge in [-0.1, -0.05) is 6.42 Å². The molecule has 0 atom stereocenters. The first kappa shape index (κ1) is 12.2. The van der Waals surface area contributed by atoms with Gasteiger partial charge in [0.25, 0.3) is 5.82 Å². The van der Waals surface area contributed by atoms with E-state index >= 15 is 0 Å². The van der Waals surface area contributed by atoms with Crippen LogP contribution in [0.15, 0.2) is 18.3 Å². The number of aromatic nitrogens is 1. The van der Waals surface area contributed by atoms with Gasteiger partial charge in [-0.15, -0.1) is 0 Å². The number of anilines is 1. The molecule has 0 aromatic carbocycles. The van der Waals surface area contributed by atoms with Crippen molar-refractivity contribution in [2.75, 3.05) is 5.32 Å². The van der Waals surface area contributed by atoms with Gasteiger partial charge in [0, 0.05) is 6.07 Å². The highest BCUT2D eigenvalue weighted by atomic mass is 19.4. The van der Waals surface area contributed by atoms with Gasteiger partial charge in [0.15, 0.2) is 0 Å². The van der Waals surface area contributed by atoms with Gasteiger partial charge in [0.2, 0.25) is 0 Å². The number of aromatic amines is 1. The maximum atomic E-state index is 12.3. The van der Waals surface area contributed by atoms with Crippen LogP contribution < -0.4 is 10.3 Å². The summed E-state index contributed by atoms with van der Waals surface area (Å²) in [5.41, 5.74) is -0.647. The molecule has 0 unspecified atom stereocenters. The lowest BCUT2D eigenvalue weighted by atomic mass is 9.95. The van der Waals surface area contributed by atoms with Crippen LogP contribution in [0.4, 0.5) is 19.0 Å². The minimum absolute atomic E-state index is 0.386. The lowest BCUT2D eigenvalue weighted by molar-refractivity contribution is -0.365. The summed E-state index contributed by atoms with van der Waals surface area (Å²) in [6, 6.07) is 2.94. The third-order valence-corrected chi connectivity index (χ3v) is 3.10. The molecule has 1 heterocycles. The van der Waals surface area contributed by atoms with E-state index in [1.54, 1.807) is 0 Å². The Hall–Kier alpha value is -1.26. The predicted molar refractivity (Wildman–Crippen MR) is 58.5 cm³/mol. The van der Waals surface area contributed by atoms with Crippen molar-refractivity contribution in [1.29, 1.82) is 0 Å². The molecule has 1 aromatic rings. The maximum Gasteiger partial charge on any atom is 0.419 e. The van der Waals surface area contributed by atoms with E-state index in [9.17, 15) is 13.2 Å². The van der Waals surface area contributed by atoms with Gasteiger partial charge in [-0.3, -0.25) is 5.32 Å². The first-order valence-electron chi connectivity index (χ1n) is 5.91. The SMILES string of the molecule is FC(F)(F)c1ccc(NC2CCCCC2)[nH+]c1. The predicted octanol–water partition coefficient (Wildman–Crippen LogP) is 3.26. The van der Waals surface area contributed by atoms with E-state index in [0.717, 1.165) is 25.1 Å². The van der Waals surface area contributed by atoms with Crippen molar-refractivity contribution >= 4 is 5.82 Å². The molecule has 0 spiro atoms. The van der Waals surface area contributed by atoms with Crippen molar-refractivity contribution in [3.8, 4) is 0 Å². The Kier molecular flexibility index (Phi) is 3.54. The van der Waals surface area contributed by atoms with Crippen LogP contribution in [-0.2, 0) is 6.18 Å². The van der Waals surface area contributed by atoms with Gasteiger partial charge in [-0.2, -0.15) is 13.2 Å². The van der Waals surface area contributed by atoms with Crippen LogP contribution in [0.1, 0.15) is 37.7 Å². The quantitative estimate of drug-likeness (QED) is 0.850. The van der Waals surface area contributed by atoms with Gasteiger partial charge in [0.05, 0.1) is 11.6 Å². The summed E-state index contributed by atoms with van der Waals surface area (Å²) in [5.74, 6) is 0.657. The van der Waals surface area contributed by atoms with Crippen molar-refractivity contribution < 1.29 is 18.2 Å². The monoisotopic (exact) mass is 245 g/mol. The summed E-state index contributed by atoms with van der Waals surface area (Å²) in [4.78, 5) is 2.66. The largest absolute Gasteiger partial charge is 0.419 e. The van der Waals surface area contributed by atoms with Crippen LogP contribution in [0.25, 0.3) is 0 Å². The van der Waals surface area contributed by atoms with Crippen LogP contribution in [0.3, 0.4) is 0 Å². The molecule has 1 saturated carbocycles. The molecule has 2 N–H and O–H groups in total. The van der Waals surface area contributed by atoms with E-state index in [1.165, 1.54) is 25.3 Å². The zero-order valence-corrected chi connectivity index (χ0v) is 9.48. The molecule has 17 heavy (non-hydrogen) atoms. The highest BCUT2D eigenvalue weighted by Gasteiger charge is 2.31. The number of hydrogen-bond donors (Lipinski definition) is 1. The first-order chi connectivity index (χ1) is 8.05. The second kappa shape index (κ2) is 4.94. The number of alkyl halides is 3. The summed E-state index contributed by atoms with van der Waals surface area (Å²) < 4.78 is 37.0. The molecular formula is C12H16F3N2+. The van der Waals surface area contributed by atoms with Crippen LogP contribution >= 0.6 is 0 Å². The average Bonchev–Trinajstić information content (AvgIpc) is 2.30. The fourth-order valence-corrected chi connectivity index (χ4v) is 2.16. The number of H-pyrrole nitrogens is 1. The van der Waals surface area contributed by atoms with Crippen LogP contribution in [-0.4, -0.2) is 6.04 Å². The zero-order chi connectivity index (χ0) is 12.3. The van der Waals surface area contributed by atoms with E-state index in [4.69, 9.17) is 0 Å². The van der Waals surface area contributed by atoms with Gasteiger partial charge in [-0.05, 0) is 31.7 Å². The molecule has 94 valence electrons. The van der Waals surface area contributed by atoms with Crippen molar-refractivity contribution in [1.82, 2.24) is 0 Å². The Morgan fingerprint density at radius 3 is 2.35 bits per heavy atom. The van der Waals surface area contributed by atoms with Gasteiger partial charge in [0.1, 0.15) is 6.20 Å². The second-order valence-corrected chi connectivity index (χ2v) is 4.47. The zero-order valence-electron chi connectivity index (χ0n) is 9.48. The molecule has 5 heteroatoms. The van der Waals surface area contributed by atoms with Gasteiger partial charge >= 0.3 is 6.18 Å². The third-order valence-electron chi connectivity index (χ3n) is 3.10. The molecule has 0 aliphatic heterocycles. The van der Waals surface area contributed by atoms with E-state index in [2.05, 4.69) is 10.3 Å². The van der Waals surface area contributed by atoms with Crippen molar-refractivity contribution in [2.24, 2.45) is 0 Å². The summed E-state index contributed by atoms with van der Waals surface area (Å²) in [6.45, 7) is 0. The number of nitrogens with one attached hydrogen (secondary N) is 2. The van der Waals surface area contributed by atoms with Crippen molar-refractivity contribution in [3.63, 3.8) is 0 Å². The van der Waals surface area contributed by atoms with Crippen molar-refractivity contribution in [2.45, 2.75) is 44.3 Å². The normalized spacial score (nSPS) is 18.1. The molecule has 1 aliphatic rings. The fourth-order valence-electron chi connectivity index (χ4n) is 2.16. The number of hydrogen-bond acceptors (Lipinski definition) is 1. The summed E-state index contributed by atoms with van der Waals surface area (Å²) in [5, 5.41) is 3.24. The molecular weight excluding hydrogens is 229 g/mol. The molecule has 2 rings (SSSR count). The number of halogens is 3. The second-order valence-electron chi connectivity index (χ2n) is 4.47. The van der Waals surface area contributed by atoms with E-state index in [1.807, 2.05) is 0 Å². The standard InChI is InChI=1S/C12H15F3N2/c13-12(14,15)9-6-7-11(16-8-9)17-10-4-2-1-3-5-10/h6-8,10H,1-5H2,(H,16,17)/p+1. The van der Waals surface area contributed by atoms with E-state index in [0.29, 0.717) is 11.9 Å². The summed E-state index contributed by atoms with van der Waals surface area (Å²) in [7, 11) is 0. The summed E-state index contributed by atoms with van der Waals surface area (Å²) in [6.07, 6.45) is 2.56. The summed E-state index contributed by atoms with van der Waals surface area (Å²) >= 11 is 0. The molecule has 2 nitrogen and oxygen atoms in total. The fraction of sp³-hybridized carbons (Fsp3) is 0.583. The van der Waals surface area contributed by atoms with E-state index in [-0.39, 0.29) is 0 Å². The van der Waals surface area contributed by atoms with E-state index < -0.39 is 11.7 Å². The average molecular weight is 245 g/mol. The topological polar surface area (TPSA) is 26.2 Å². The highest BCUT2D eigenvalue weighted by Crippen LogP contribution is 2.28. The molecule has 1 aromatic heterocycles. The van der Waals surface area contributed by atoms with Crippen LogP contribution in [0.2, 0.25) is 0 Å². The minimum Gasteiger partial charge on any atom is -0.272 e. The Bertz CT molecular complexity index is 353. The molecule has 1 fully saturated rings. The molecule has 0 saturated heterocycles.